The van der Waals surface area contributed by atoms with E-state index in [4.69, 9.17) is 11.6 Å². The van der Waals surface area contributed by atoms with E-state index in [1.54, 1.807) is 4.68 Å². The molecule has 2 heterocycles. The van der Waals surface area contributed by atoms with E-state index in [1.807, 2.05) is 56.3 Å². The Morgan fingerprint density at radius 2 is 1.76 bits per heavy atom. The standard InChI is InChI=1S/C25H26ClN3O3S/c1-16-6-5-7-22(17(16)2)29-23(20-14-33(31,32)15-21(20)28-29)27-24(30)25(12-3-4-13-25)18-8-10-19(26)11-9-18/h5-11H,3-4,12-15H2,1-2H3,(H,27,30). The normalized spacial score (nSPS) is 18.3. The van der Waals surface area contributed by atoms with Gasteiger partial charge in [0.15, 0.2) is 9.84 Å². The van der Waals surface area contributed by atoms with Crippen molar-refractivity contribution in [1.29, 1.82) is 0 Å². The maximum atomic E-state index is 13.9. The summed E-state index contributed by atoms with van der Waals surface area (Å²) < 4.78 is 26.4. The van der Waals surface area contributed by atoms with E-state index in [-0.39, 0.29) is 17.4 Å². The van der Waals surface area contributed by atoms with Crippen LogP contribution >= 0.6 is 11.6 Å². The summed E-state index contributed by atoms with van der Waals surface area (Å²) in [4.78, 5) is 13.9. The molecular weight excluding hydrogens is 458 g/mol. The third-order valence-corrected chi connectivity index (χ3v) is 8.81. The molecule has 0 unspecified atom stereocenters. The first-order chi connectivity index (χ1) is 15.7. The molecule has 0 spiro atoms. The Hall–Kier alpha value is -2.64. The Balaban J connectivity index is 1.61. The zero-order valence-corrected chi connectivity index (χ0v) is 20.3. The number of benzene rings is 2. The molecule has 1 saturated carbocycles. The number of hydrogen-bond acceptors (Lipinski definition) is 4. The summed E-state index contributed by atoms with van der Waals surface area (Å²) in [7, 11) is -3.27. The third-order valence-electron chi connectivity index (χ3n) is 7.11. The molecule has 0 radical (unpaired) electrons. The largest absolute Gasteiger partial charge is 0.310 e. The molecule has 0 saturated heterocycles. The van der Waals surface area contributed by atoms with Crippen molar-refractivity contribution in [2.75, 3.05) is 5.32 Å². The fourth-order valence-electron chi connectivity index (χ4n) is 5.13. The number of anilines is 1. The van der Waals surface area contributed by atoms with Crippen LogP contribution in [-0.2, 0) is 31.6 Å². The first kappa shape index (κ1) is 22.2. The topological polar surface area (TPSA) is 81.1 Å². The van der Waals surface area contributed by atoms with Gasteiger partial charge in [-0.25, -0.2) is 13.1 Å². The number of aryl methyl sites for hydroxylation is 1. The van der Waals surface area contributed by atoms with Crippen molar-refractivity contribution in [3.8, 4) is 5.69 Å². The number of rotatable bonds is 4. The van der Waals surface area contributed by atoms with E-state index < -0.39 is 15.3 Å². The first-order valence-electron chi connectivity index (χ1n) is 11.2. The maximum absolute atomic E-state index is 13.9. The van der Waals surface area contributed by atoms with Crippen LogP contribution in [0.3, 0.4) is 0 Å². The highest BCUT2D eigenvalue weighted by Crippen LogP contribution is 2.43. The van der Waals surface area contributed by atoms with Gasteiger partial charge in [-0.1, -0.05) is 48.7 Å². The number of sulfone groups is 1. The molecule has 1 N–H and O–H groups in total. The van der Waals surface area contributed by atoms with Crippen molar-refractivity contribution in [3.05, 3.63) is 75.4 Å². The quantitative estimate of drug-likeness (QED) is 0.564. The summed E-state index contributed by atoms with van der Waals surface area (Å²) in [6.07, 6.45) is 3.38. The summed E-state index contributed by atoms with van der Waals surface area (Å²) in [5.74, 6) is 0.119. The summed E-state index contributed by atoms with van der Waals surface area (Å²) in [5.41, 5.74) is 4.33. The lowest BCUT2D eigenvalue weighted by molar-refractivity contribution is -0.121. The molecule has 8 heteroatoms. The van der Waals surface area contributed by atoms with Gasteiger partial charge in [0.1, 0.15) is 5.82 Å². The Bertz CT molecular complexity index is 1350. The number of aromatic nitrogens is 2. The summed E-state index contributed by atoms with van der Waals surface area (Å²) in [6.45, 7) is 4.03. The predicted molar refractivity (Wildman–Crippen MR) is 130 cm³/mol. The summed E-state index contributed by atoms with van der Waals surface area (Å²) >= 11 is 6.10. The Kier molecular flexibility index (Phi) is 5.37. The van der Waals surface area contributed by atoms with Gasteiger partial charge in [-0.05, 0) is 61.6 Å². The molecular formula is C25H26ClN3O3S. The van der Waals surface area contributed by atoms with E-state index >= 15 is 0 Å². The van der Waals surface area contributed by atoms with E-state index in [0.717, 1.165) is 48.1 Å². The molecule has 3 aromatic rings. The van der Waals surface area contributed by atoms with Crippen molar-refractivity contribution in [2.24, 2.45) is 0 Å². The lowest BCUT2D eigenvalue weighted by atomic mass is 9.78. The second kappa shape index (κ2) is 7.99. The minimum absolute atomic E-state index is 0.106. The highest BCUT2D eigenvalue weighted by molar-refractivity contribution is 7.90. The van der Waals surface area contributed by atoms with Gasteiger partial charge in [-0.3, -0.25) is 4.79 Å². The smallest absolute Gasteiger partial charge is 0.236 e. The Morgan fingerprint density at radius 3 is 2.45 bits per heavy atom. The minimum atomic E-state index is -3.27. The van der Waals surface area contributed by atoms with Crippen molar-refractivity contribution in [1.82, 2.24) is 9.78 Å². The number of carbonyl (C=O) groups is 1. The van der Waals surface area contributed by atoms with E-state index in [2.05, 4.69) is 10.4 Å². The molecule has 1 aliphatic heterocycles. The third kappa shape index (κ3) is 3.77. The van der Waals surface area contributed by atoms with Gasteiger partial charge in [0.2, 0.25) is 5.91 Å². The lowest BCUT2D eigenvalue weighted by Crippen LogP contribution is -2.38. The zero-order chi connectivity index (χ0) is 23.4. The molecule has 6 nitrogen and oxygen atoms in total. The van der Waals surface area contributed by atoms with Crippen LogP contribution in [0.5, 0.6) is 0 Å². The molecule has 0 atom stereocenters. The van der Waals surface area contributed by atoms with Crippen LogP contribution < -0.4 is 5.32 Å². The van der Waals surface area contributed by atoms with Crippen molar-refractivity contribution in [2.45, 2.75) is 56.5 Å². The first-order valence-corrected chi connectivity index (χ1v) is 13.4. The second-order valence-electron chi connectivity index (χ2n) is 9.19. The van der Waals surface area contributed by atoms with Gasteiger partial charge < -0.3 is 5.32 Å². The molecule has 172 valence electrons. The van der Waals surface area contributed by atoms with Crippen molar-refractivity contribution >= 4 is 33.2 Å². The van der Waals surface area contributed by atoms with Gasteiger partial charge >= 0.3 is 0 Å². The van der Waals surface area contributed by atoms with Gasteiger partial charge in [0, 0.05) is 10.6 Å². The van der Waals surface area contributed by atoms with Gasteiger partial charge in [0.25, 0.3) is 0 Å². The molecule has 2 aliphatic rings. The molecule has 0 bridgehead atoms. The average Bonchev–Trinajstić information content (AvgIpc) is 3.45. The number of carbonyl (C=O) groups excluding carboxylic acids is 1. The average molecular weight is 484 g/mol. The number of nitrogens with zero attached hydrogens (tertiary/aromatic N) is 2. The SMILES string of the molecule is Cc1cccc(-n2nc3c(c2NC(=O)C2(c4ccc(Cl)cc4)CCCC2)CS(=O)(=O)C3)c1C. The molecule has 5 rings (SSSR count). The van der Waals surface area contributed by atoms with Crippen LogP contribution in [0, 0.1) is 13.8 Å². The minimum Gasteiger partial charge on any atom is -0.310 e. The Morgan fingerprint density at radius 1 is 1.06 bits per heavy atom. The molecule has 1 aromatic heterocycles. The van der Waals surface area contributed by atoms with Crippen LogP contribution in [0.4, 0.5) is 5.82 Å². The molecule has 1 fully saturated rings. The number of amides is 1. The van der Waals surface area contributed by atoms with Crippen molar-refractivity contribution < 1.29 is 13.2 Å². The lowest BCUT2D eigenvalue weighted by Gasteiger charge is -2.29. The molecule has 2 aromatic carbocycles. The zero-order valence-electron chi connectivity index (χ0n) is 18.7. The summed E-state index contributed by atoms with van der Waals surface area (Å²) in [5, 5.41) is 8.41. The van der Waals surface area contributed by atoms with Gasteiger partial charge in [-0.15, -0.1) is 0 Å². The second-order valence-corrected chi connectivity index (χ2v) is 11.7. The predicted octanol–water partition coefficient (Wildman–Crippen LogP) is 5.02. The van der Waals surface area contributed by atoms with Crippen LogP contribution in [0.2, 0.25) is 5.02 Å². The maximum Gasteiger partial charge on any atom is 0.236 e. The van der Waals surface area contributed by atoms with E-state index in [9.17, 15) is 13.2 Å². The molecule has 1 aliphatic carbocycles. The number of fused-ring (bicyclic) bond motifs is 1. The number of halogens is 1. The highest BCUT2D eigenvalue weighted by atomic mass is 35.5. The highest BCUT2D eigenvalue weighted by Gasteiger charge is 2.44. The number of nitrogens with one attached hydrogen (secondary N) is 1. The van der Waals surface area contributed by atoms with Gasteiger partial charge in [-0.2, -0.15) is 5.10 Å². The van der Waals surface area contributed by atoms with Crippen LogP contribution in [0.1, 0.15) is 53.6 Å². The number of hydrogen-bond donors (Lipinski definition) is 1. The van der Waals surface area contributed by atoms with Crippen LogP contribution in [-0.4, -0.2) is 24.1 Å². The van der Waals surface area contributed by atoms with Crippen LogP contribution in [0.25, 0.3) is 5.69 Å². The van der Waals surface area contributed by atoms with E-state index in [1.165, 1.54) is 0 Å². The fraction of sp³-hybridized carbons (Fsp3) is 0.360. The monoisotopic (exact) mass is 483 g/mol. The fourth-order valence-corrected chi connectivity index (χ4v) is 6.75. The molecule has 33 heavy (non-hydrogen) atoms. The Labute approximate surface area is 198 Å². The van der Waals surface area contributed by atoms with Crippen molar-refractivity contribution in [3.63, 3.8) is 0 Å². The van der Waals surface area contributed by atoms with E-state index in [0.29, 0.717) is 22.1 Å². The molecule has 1 amide bonds. The summed E-state index contributed by atoms with van der Waals surface area (Å²) in [6, 6.07) is 13.4. The van der Waals surface area contributed by atoms with Crippen LogP contribution in [0.15, 0.2) is 42.5 Å². The van der Waals surface area contributed by atoms with Gasteiger partial charge in [0.05, 0.1) is 28.3 Å².